The maximum atomic E-state index is 4.77. The van der Waals surface area contributed by atoms with Crippen LogP contribution in [0, 0.1) is 0 Å². The summed E-state index contributed by atoms with van der Waals surface area (Å²) in [5.74, 6) is 1.04. The van der Waals surface area contributed by atoms with Gasteiger partial charge in [-0.2, -0.15) is 25.3 Å². The number of hydrogen-bond donors (Lipinski definition) is 2. The van der Waals surface area contributed by atoms with Crippen LogP contribution in [0.4, 0.5) is 0 Å². The lowest BCUT2D eigenvalue weighted by Gasteiger charge is -2.10. The fourth-order valence-electron chi connectivity index (χ4n) is 3.09. The number of unbranched alkanes of at least 4 members (excludes halogenated alkanes) is 12. The molecule has 0 N–H and O–H groups in total. The van der Waals surface area contributed by atoms with Crippen LogP contribution in [0.3, 0.4) is 0 Å². The number of rotatable bonds is 19. The van der Waals surface area contributed by atoms with Crippen LogP contribution in [-0.2, 0) is 0 Å². The van der Waals surface area contributed by atoms with Gasteiger partial charge in [0, 0.05) is 5.25 Å². The molecule has 0 bridgehead atoms. The highest BCUT2D eigenvalue weighted by Gasteiger charge is 2.02. The molecule has 0 aliphatic rings. The van der Waals surface area contributed by atoms with Gasteiger partial charge in [0.15, 0.2) is 0 Å². The molecule has 24 heavy (non-hydrogen) atoms. The molecular weight excluding hydrogens is 328 g/mol. The van der Waals surface area contributed by atoms with E-state index in [0.717, 1.165) is 5.75 Å². The van der Waals surface area contributed by atoms with Gasteiger partial charge < -0.3 is 0 Å². The lowest BCUT2D eigenvalue weighted by molar-refractivity contribution is 0.547. The molecular formula is C22H44S2. The highest BCUT2D eigenvalue weighted by Crippen LogP contribution is 2.17. The van der Waals surface area contributed by atoms with E-state index in [2.05, 4.69) is 31.7 Å². The summed E-state index contributed by atoms with van der Waals surface area (Å²) in [4.78, 5) is 0. The molecule has 0 saturated heterocycles. The molecule has 0 aliphatic carbocycles. The molecule has 0 saturated carbocycles. The van der Waals surface area contributed by atoms with Crippen molar-refractivity contribution >= 4 is 25.3 Å². The van der Waals surface area contributed by atoms with Crippen LogP contribution in [0.15, 0.2) is 12.2 Å². The van der Waals surface area contributed by atoms with E-state index < -0.39 is 0 Å². The first-order chi connectivity index (χ1) is 11.8. The molecule has 0 spiro atoms. The minimum Gasteiger partial charge on any atom is -0.179 e. The zero-order chi connectivity index (χ0) is 17.7. The molecule has 1 atom stereocenters. The first kappa shape index (κ1) is 24.4. The van der Waals surface area contributed by atoms with Crippen molar-refractivity contribution in [1.82, 2.24) is 0 Å². The molecule has 2 heteroatoms. The van der Waals surface area contributed by atoms with Crippen LogP contribution in [0.2, 0.25) is 0 Å². The summed E-state index contributed by atoms with van der Waals surface area (Å²) in [6.45, 7) is 2.29. The maximum absolute atomic E-state index is 4.77. The molecule has 1 unspecified atom stereocenters. The molecule has 144 valence electrons. The van der Waals surface area contributed by atoms with Crippen molar-refractivity contribution in [2.24, 2.45) is 0 Å². The Bertz CT molecular complexity index is 250. The van der Waals surface area contributed by atoms with Crippen LogP contribution in [0.25, 0.3) is 0 Å². The monoisotopic (exact) mass is 372 g/mol. The first-order valence-corrected chi connectivity index (χ1v) is 11.9. The Morgan fingerprint density at radius 2 is 1.08 bits per heavy atom. The first-order valence-electron chi connectivity index (χ1n) is 10.7. The summed E-state index contributed by atoms with van der Waals surface area (Å²) < 4.78 is 0. The van der Waals surface area contributed by atoms with E-state index in [9.17, 15) is 0 Å². The third-order valence-electron chi connectivity index (χ3n) is 4.74. The van der Waals surface area contributed by atoms with Crippen molar-refractivity contribution in [3.8, 4) is 0 Å². The Kier molecular flexibility index (Phi) is 21.9. The predicted octanol–water partition coefficient (Wildman–Crippen LogP) is 8.42. The van der Waals surface area contributed by atoms with Gasteiger partial charge in [0.1, 0.15) is 0 Å². The Balaban J connectivity index is 3.20. The van der Waals surface area contributed by atoms with E-state index in [-0.39, 0.29) is 0 Å². The Hall–Kier alpha value is 0.440. The van der Waals surface area contributed by atoms with Crippen molar-refractivity contribution in [3.63, 3.8) is 0 Å². The van der Waals surface area contributed by atoms with Gasteiger partial charge >= 0.3 is 0 Å². The maximum Gasteiger partial charge on any atom is 0.00168 e. The van der Waals surface area contributed by atoms with Gasteiger partial charge in [-0.1, -0.05) is 83.3 Å². The van der Waals surface area contributed by atoms with Gasteiger partial charge in [0.2, 0.25) is 0 Å². The second-order valence-corrected chi connectivity index (χ2v) is 8.42. The SMILES string of the molecule is CCCCCCCCCCC(S)CCCC/C=C/CCCCCS. The van der Waals surface area contributed by atoms with Crippen molar-refractivity contribution in [2.45, 2.75) is 121 Å². The van der Waals surface area contributed by atoms with Gasteiger partial charge in [0.25, 0.3) is 0 Å². The predicted molar refractivity (Wildman–Crippen MR) is 120 cm³/mol. The van der Waals surface area contributed by atoms with Crippen molar-refractivity contribution in [3.05, 3.63) is 12.2 Å². The Labute approximate surface area is 164 Å². The number of allylic oxidation sites excluding steroid dienone is 2. The van der Waals surface area contributed by atoms with E-state index in [1.165, 1.54) is 109 Å². The second kappa shape index (κ2) is 21.5. The molecule has 0 heterocycles. The fourth-order valence-corrected chi connectivity index (χ4v) is 3.68. The van der Waals surface area contributed by atoms with Gasteiger partial charge in [-0.05, 0) is 50.7 Å². The molecule has 0 amide bonds. The van der Waals surface area contributed by atoms with Crippen molar-refractivity contribution < 1.29 is 0 Å². The van der Waals surface area contributed by atoms with Crippen LogP contribution in [0.1, 0.15) is 116 Å². The quantitative estimate of drug-likeness (QED) is 0.127. The molecule has 0 fully saturated rings. The fraction of sp³-hybridized carbons (Fsp3) is 0.909. The highest BCUT2D eigenvalue weighted by molar-refractivity contribution is 7.81. The lowest BCUT2D eigenvalue weighted by Crippen LogP contribution is -1.98. The standard InChI is InChI=1S/C22H44S2/c1-2-3-4-5-6-10-13-16-19-22(24)20-17-14-11-8-7-9-12-15-18-21-23/h7-8,22-24H,2-6,9-21H2,1H3/b8-7+. The van der Waals surface area contributed by atoms with Crippen LogP contribution in [0.5, 0.6) is 0 Å². The largest absolute Gasteiger partial charge is 0.179 e. The van der Waals surface area contributed by atoms with Crippen LogP contribution in [-0.4, -0.2) is 11.0 Å². The van der Waals surface area contributed by atoms with E-state index in [1.54, 1.807) is 0 Å². The summed E-state index contributed by atoms with van der Waals surface area (Å²) in [5, 5.41) is 0.635. The molecule has 0 aliphatic heterocycles. The van der Waals surface area contributed by atoms with Gasteiger partial charge in [-0.15, -0.1) is 0 Å². The summed E-state index contributed by atoms with van der Waals surface area (Å²) in [6, 6.07) is 0. The van der Waals surface area contributed by atoms with E-state index >= 15 is 0 Å². The average Bonchev–Trinajstić information content (AvgIpc) is 2.59. The highest BCUT2D eigenvalue weighted by atomic mass is 32.1. The molecule has 0 rings (SSSR count). The summed E-state index contributed by atoms with van der Waals surface area (Å²) >= 11 is 9.01. The molecule has 0 aromatic carbocycles. The normalized spacial score (nSPS) is 13.0. The van der Waals surface area contributed by atoms with Crippen LogP contribution >= 0.6 is 25.3 Å². The van der Waals surface area contributed by atoms with E-state index in [0.29, 0.717) is 5.25 Å². The number of hydrogen-bond acceptors (Lipinski definition) is 2. The zero-order valence-corrected chi connectivity index (χ0v) is 18.1. The molecule has 0 aromatic heterocycles. The van der Waals surface area contributed by atoms with Gasteiger partial charge in [-0.25, -0.2) is 0 Å². The van der Waals surface area contributed by atoms with Gasteiger partial charge in [-0.3, -0.25) is 0 Å². The average molecular weight is 373 g/mol. The Morgan fingerprint density at radius 3 is 1.67 bits per heavy atom. The Morgan fingerprint density at radius 1 is 0.625 bits per heavy atom. The third-order valence-corrected chi connectivity index (χ3v) is 5.58. The molecule has 0 radical (unpaired) electrons. The zero-order valence-electron chi connectivity index (χ0n) is 16.4. The third kappa shape index (κ3) is 20.5. The summed E-state index contributed by atoms with van der Waals surface area (Å²) in [6.07, 6.45) is 27.8. The smallest absolute Gasteiger partial charge is 0.00168 e. The minimum absolute atomic E-state index is 0.635. The summed E-state index contributed by atoms with van der Waals surface area (Å²) in [5.41, 5.74) is 0. The van der Waals surface area contributed by atoms with Crippen LogP contribution < -0.4 is 0 Å². The van der Waals surface area contributed by atoms with Crippen molar-refractivity contribution in [2.75, 3.05) is 5.75 Å². The summed E-state index contributed by atoms with van der Waals surface area (Å²) in [7, 11) is 0. The minimum atomic E-state index is 0.635. The van der Waals surface area contributed by atoms with E-state index in [4.69, 9.17) is 12.6 Å². The van der Waals surface area contributed by atoms with E-state index in [1.807, 2.05) is 0 Å². The van der Waals surface area contributed by atoms with Crippen molar-refractivity contribution in [1.29, 1.82) is 0 Å². The van der Waals surface area contributed by atoms with Gasteiger partial charge in [0.05, 0.1) is 0 Å². The number of thiol groups is 2. The topological polar surface area (TPSA) is 0 Å². The molecule has 0 aromatic rings. The lowest BCUT2D eigenvalue weighted by atomic mass is 10.0. The second-order valence-electron chi connectivity index (χ2n) is 7.25. The molecule has 0 nitrogen and oxygen atoms in total.